The smallest absolute Gasteiger partial charge is 0.335 e. The minimum atomic E-state index is -1.15. The molecular weight excluding hydrogens is 255 g/mol. The van der Waals surface area contributed by atoms with Gasteiger partial charge in [-0.25, -0.2) is 14.2 Å². The van der Waals surface area contributed by atoms with Gasteiger partial charge in [0.2, 0.25) is 0 Å². The average molecular weight is 266 g/mol. The number of carboxylic acids is 1. The molecule has 0 fully saturated rings. The molecule has 1 aromatic carbocycles. The number of hydrogen-bond acceptors (Lipinski definition) is 4. The molecule has 2 aromatic rings. The van der Waals surface area contributed by atoms with Gasteiger partial charge in [0.05, 0.1) is 16.9 Å². The van der Waals surface area contributed by atoms with E-state index in [1.54, 1.807) is 0 Å². The number of anilines is 2. The van der Waals surface area contributed by atoms with Gasteiger partial charge in [0, 0.05) is 5.38 Å². The maximum absolute atomic E-state index is 13.6. The largest absolute Gasteiger partial charge is 0.478 e. The van der Waals surface area contributed by atoms with Crippen molar-refractivity contribution in [2.24, 2.45) is 0 Å². The summed E-state index contributed by atoms with van der Waals surface area (Å²) in [5.41, 5.74) is 1.08. The van der Waals surface area contributed by atoms with Crippen molar-refractivity contribution in [3.63, 3.8) is 0 Å². The standard InChI is InChI=1S/C12H11FN2O2S/c1-2-8-6-18-12(14-8)15-10-4-3-7(11(16)17)5-9(10)13/h3-6H,2H2,1H3,(H,14,15)(H,16,17). The van der Waals surface area contributed by atoms with Crippen LogP contribution in [0.5, 0.6) is 0 Å². The van der Waals surface area contributed by atoms with E-state index in [0.29, 0.717) is 5.13 Å². The second kappa shape index (κ2) is 5.14. The molecule has 0 amide bonds. The zero-order valence-electron chi connectivity index (χ0n) is 9.61. The Morgan fingerprint density at radius 3 is 2.89 bits per heavy atom. The van der Waals surface area contributed by atoms with E-state index < -0.39 is 11.8 Å². The van der Waals surface area contributed by atoms with Gasteiger partial charge < -0.3 is 10.4 Å². The number of benzene rings is 1. The van der Waals surface area contributed by atoms with E-state index in [1.807, 2.05) is 12.3 Å². The minimum absolute atomic E-state index is 0.0774. The zero-order chi connectivity index (χ0) is 13.1. The molecule has 6 heteroatoms. The molecular formula is C12H11FN2O2S. The van der Waals surface area contributed by atoms with Crippen molar-refractivity contribution in [2.45, 2.75) is 13.3 Å². The molecule has 0 aliphatic carbocycles. The van der Waals surface area contributed by atoms with Crippen LogP contribution in [-0.4, -0.2) is 16.1 Å². The maximum atomic E-state index is 13.6. The lowest BCUT2D eigenvalue weighted by atomic mass is 10.2. The Bertz CT molecular complexity index is 583. The average Bonchev–Trinajstić information content (AvgIpc) is 2.79. The number of nitrogens with one attached hydrogen (secondary N) is 1. The Labute approximate surface area is 107 Å². The van der Waals surface area contributed by atoms with Gasteiger partial charge in [0.1, 0.15) is 5.82 Å². The van der Waals surface area contributed by atoms with Crippen molar-refractivity contribution >= 4 is 28.1 Å². The van der Waals surface area contributed by atoms with Crippen LogP contribution in [0.25, 0.3) is 0 Å². The van der Waals surface area contributed by atoms with Crippen LogP contribution in [-0.2, 0) is 6.42 Å². The van der Waals surface area contributed by atoms with Gasteiger partial charge in [0.15, 0.2) is 5.13 Å². The van der Waals surface area contributed by atoms with E-state index in [1.165, 1.54) is 23.5 Å². The number of rotatable bonds is 4. The van der Waals surface area contributed by atoms with Gasteiger partial charge >= 0.3 is 5.97 Å². The number of nitrogens with zero attached hydrogens (tertiary/aromatic N) is 1. The summed E-state index contributed by atoms with van der Waals surface area (Å²) < 4.78 is 13.6. The molecule has 0 unspecified atom stereocenters. The van der Waals surface area contributed by atoms with Crippen molar-refractivity contribution in [1.29, 1.82) is 0 Å². The third-order valence-corrected chi connectivity index (χ3v) is 3.18. The number of hydrogen-bond donors (Lipinski definition) is 2. The molecule has 0 radical (unpaired) electrons. The van der Waals surface area contributed by atoms with Gasteiger partial charge in [-0.1, -0.05) is 6.92 Å². The van der Waals surface area contributed by atoms with Crippen LogP contribution in [0.2, 0.25) is 0 Å². The van der Waals surface area contributed by atoms with Crippen molar-refractivity contribution in [3.05, 3.63) is 40.7 Å². The summed E-state index contributed by atoms with van der Waals surface area (Å²) in [5.74, 6) is -1.76. The van der Waals surface area contributed by atoms with Crippen LogP contribution >= 0.6 is 11.3 Å². The van der Waals surface area contributed by atoms with E-state index in [0.717, 1.165) is 18.2 Å². The van der Waals surface area contributed by atoms with Gasteiger partial charge in [0.25, 0.3) is 0 Å². The molecule has 4 nitrogen and oxygen atoms in total. The van der Waals surface area contributed by atoms with E-state index in [-0.39, 0.29) is 11.3 Å². The number of aromatic carboxylic acids is 1. The summed E-state index contributed by atoms with van der Waals surface area (Å²) in [6.45, 7) is 1.99. The van der Waals surface area contributed by atoms with Crippen molar-refractivity contribution in [1.82, 2.24) is 4.98 Å². The van der Waals surface area contributed by atoms with Gasteiger partial charge in [-0.2, -0.15) is 0 Å². The molecule has 1 heterocycles. The topological polar surface area (TPSA) is 62.2 Å². The van der Waals surface area contributed by atoms with E-state index in [2.05, 4.69) is 10.3 Å². The molecule has 1 aromatic heterocycles. The van der Waals surface area contributed by atoms with Crippen molar-refractivity contribution in [2.75, 3.05) is 5.32 Å². The van der Waals surface area contributed by atoms with Crippen LogP contribution in [0.4, 0.5) is 15.2 Å². The van der Waals surface area contributed by atoms with Crippen molar-refractivity contribution < 1.29 is 14.3 Å². The summed E-state index contributed by atoms with van der Waals surface area (Å²) in [5, 5.41) is 14.0. The predicted octanol–water partition coefficient (Wildman–Crippen LogP) is 3.29. The van der Waals surface area contributed by atoms with E-state index >= 15 is 0 Å². The Hall–Kier alpha value is -1.95. The fourth-order valence-corrected chi connectivity index (χ4v) is 2.20. The predicted molar refractivity (Wildman–Crippen MR) is 68.1 cm³/mol. The first kappa shape index (κ1) is 12.5. The quantitative estimate of drug-likeness (QED) is 0.891. The number of carboxylic acid groups (broad SMARTS) is 1. The molecule has 0 saturated heterocycles. The summed E-state index contributed by atoms with van der Waals surface area (Å²) >= 11 is 1.38. The first-order valence-electron chi connectivity index (χ1n) is 5.34. The van der Waals surface area contributed by atoms with Gasteiger partial charge in [-0.05, 0) is 24.6 Å². The van der Waals surface area contributed by atoms with E-state index in [4.69, 9.17) is 5.11 Å². The normalized spacial score (nSPS) is 10.3. The fraction of sp³-hybridized carbons (Fsp3) is 0.167. The van der Waals surface area contributed by atoms with Crippen LogP contribution in [0.15, 0.2) is 23.6 Å². The highest BCUT2D eigenvalue weighted by Crippen LogP contribution is 2.24. The monoisotopic (exact) mass is 266 g/mol. The van der Waals surface area contributed by atoms with Crippen LogP contribution in [0.1, 0.15) is 23.0 Å². The Morgan fingerprint density at radius 1 is 1.56 bits per heavy atom. The molecule has 0 aliphatic heterocycles. The molecule has 18 heavy (non-hydrogen) atoms. The summed E-state index contributed by atoms with van der Waals surface area (Å²) in [4.78, 5) is 14.9. The van der Waals surface area contributed by atoms with Gasteiger partial charge in [-0.15, -0.1) is 11.3 Å². The zero-order valence-corrected chi connectivity index (χ0v) is 10.4. The number of thiazole rings is 1. The second-order valence-electron chi connectivity index (χ2n) is 3.62. The highest BCUT2D eigenvalue weighted by Gasteiger charge is 2.09. The molecule has 0 aliphatic rings. The lowest BCUT2D eigenvalue weighted by Gasteiger charge is -2.04. The van der Waals surface area contributed by atoms with Crippen LogP contribution in [0, 0.1) is 5.82 Å². The number of carbonyl (C=O) groups is 1. The SMILES string of the molecule is CCc1csc(Nc2ccc(C(=O)O)cc2F)n1. The Balaban J connectivity index is 2.21. The third kappa shape index (κ3) is 2.65. The number of aryl methyl sites for hydroxylation is 1. The third-order valence-electron chi connectivity index (χ3n) is 2.37. The highest BCUT2D eigenvalue weighted by atomic mass is 32.1. The minimum Gasteiger partial charge on any atom is -0.478 e. The number of halogens is 1. The van der Waals surface area contributed by atoms with Crippen LogP contribution in [0.3, 0.4) is 0 Å². The summed E-state index contributed by atoms with van der Waals surface area (Å²) in [6, 6.07) is 3.73. The van der Waals surface area contributed by atoms with Gasteiger partial charge in [-0.3, -0.25) is 0 Å². The summed E-state index contributed by atoms with van der Waals surface area (Å²) in [7, 11) is 0. The lowest BCUT2D eigenvalue weighted by Crippen LogP contribution is -1.99. The van der Waals surface area contributed by atoms with E-state index in [9.17, 15) is 9.18 Å². The maximum Gasteiger partial charge on any atom is 0.335 e. The number of aromatic nitrogens is 1. The molecule has 2 rings (SSSR count). The second-order valence-corrected chi connectivity index (χ2v) is 4.48. The Kier molecular flexibility index (Phi) is 3.57. The first-order valence-corrected chi connectivity index (χ1v) is 6.22. The molecule has 0 bridgehead atoms. The first-order chi connectivity index (χ1) is 8.60. The summed E-state index contributed by atoms with van der Waals surface area (Å²) in [6.07, 6.45) is 0.818. The Morgan fingerprint density at radius 2 is 2.33 bits per heavy atom. The lowest BCUT2D eigenvalue weighted by molar-refractivity contribution is 0.0696. The van der Waals surface area contributed by atoms with Crippen LogP contribution < -0.4 is 5.32 Å². The molecule has 0 spiro atoms. The van der Waals surface area contributed by atoms with Crippen molar-refractivity contribution in [3.8, 4) is 0 Å². The highest BCUT2D eigenvalue weighted by molar-refractivity contribution is 7.13. The molecule has 0 atom stereocenters. The molecule has 2 N–H and O–H groups in total. The fourth-order valence-electron chi connectivity index (χ4n) is 1.39. The molecule has 0 saturated carbocycles. The molecule has 94 valence electrons.